The van der Waals surface area contributed by atoms with Crippen LogP contribution in [0.5, 0.6) is 0 Å². The number of benzene rings is 1. The molecule has 1 aliphatic rings. The minimum absolute atomic E-state index is 0.154. The van der Waals surface area contributed by atoms with Gasteiger partial charge in [0.05, 0.1) is 4.90 Å². The molecule has 1 aromatic rings. The Morgan fingerprint density at radius 2 is 1.71 bits per heavy atom. The summed E-state index contributed by atoms with van der Waals surface area (Å²) in [5.74, 6) is 0.852. The molecule has 0 heterocycles. The number of hydrogen-bond donors (Lipinski definition) is 0. The first-order chi connectivity index (χ1) is 11.4. The van der Waals surface area contributed by atoms with E-state index >= 15 is 0 Å². The van der Waals surface area contributed by atoms with Crippen LogP contribution in [0.25, 0.3) is 0 Å². The molecule has 0 unspecified atom stereocenters. The zero-order valence-corrected chi connectivity index (χ0v) is 15.7. The average Bonchev–Trinajstić information content (AvgIpc) is 3.37. The molecule has 6 heteroatoms. The van der Waals surface area contributed by atoms with Gasteiger partial charge in [-0.2, -0.15) is 4.31 Å². The number of hydrogen-bond acceptors (Lipinski definition) is 3. The molecule has 0 radical (unpaired) electrons. The molecule has 24 heavy (non-hydrogen) atoms. The van der Waals surface area contributed by atoms with Crippen LogP contribution in [-0.2, 0) is 21.2 Å². The summed E-state index contributed by atoms with van der Waals surface area (Å²) in [6.07, 6.45) is 3.57. The first-order valence-electron chi connectivity index (χ1n) is 8.71. The van der Waals surface area contributed by atoms with Gasteiger partial charge in [0.15, 0.2) is 0 Å². The van der Waals surface area contributed by atoms with Crippen molar-refractivity contribution in [2.24, 2.45) is 5.92 Å². The molecule has 0 N–H and O–H groups in total. The summed E-state index contributed by atoms with van der Waals surface area (Å²) in [5, 5.41) is 0. The number of sulfonamides is 1. The van der Waals surface area contributed by atoms with Crippen LogP contribution in [0.4, 0.5) is 0 Å². The molecule has 1 fully saturated rings. The van der Waals surface area contributed by atoms with Gasteiger partial charge < -0.3 is 4.90 Å². The van der Waals surface area contributed by atoms with Crippen LogP contribution >= 0.6 is 0 Å². The molecule has 1 aromatic carbocycles. The first-order valence-corrected chi connectivity index (χ1v) is 10.2. The highest BCUT2D eigenvalue weighted by molar-refractivity contribution is 7.89. The monoisotopic (exact) mass is 352 g/mol. The second-order valence-electron chi connectivity index (χ2n) is 6.45. The van der Waals surface area contributed by atoms with Gasteiger partial charge in [-0.05, 0) is 42.9 Å². The lowest BCUT2D eigenvalue weighted by Gasteiger charge is -2.18. The number of carbonyl (C=O) groups excluding carboxylic acids is 1. The van der Waals surface area contributed by atoms with Gasteiger partial charge in [0, 0.05) is 33.1 Å². The fraction of sp³-hybridized carbons (Fsp3) is 0.611. The van der Waals surface area contributed by atoms with Crippen LogP contribution in [0.1, 0.15) is 38.7 Å². The van der Waals surface area contributed by atoms with E-state index in [1.807, 2.05) is 37.9 Å². The molecule has 134 valence electrons. The molecule has 0 spiro atoms. The predicted molar refractivity (Wildman–Crippen MR) is 95.2 cm³/mol. The van der Waals surface area contributed by atoms with Crippen LogP contribution < -0.4 is 0 Å². The fourth-order valence-corrected chi connectivity index (χ4v) is 4.23. The number of amides is 1. The van der Waals surface area contributed by atoms with Crippen molar-refractivity contribution in [1.82, 2.24) is 9.21 Å². The molecule has 0 bridgehead atoms. The van der Waals surface area contributed by atoms with E-state index in [1.54, 1.807) is 12.1 Å². The van der Waals surface area contributed by atoms with E-state index in [0.29, 0.717) is 36.7 Å². The number of aryl methyl sites for hydroxylation is 1. The van der Waals surface area contributed by atoms with Gasteiger partial charge in [-0.3, -0.25) is 4.79 Å². The Bertz CT molecular complexity index is 647. The molecule has 1 aliphatic carbocycles. The highest BCUT2D eigenvalue weighted by Crippen LogP contribution is 2.29. The lowest BCUT2D eigenvalue weighted by molar-refractivity contribution is -0.130. The topological polar surface area (TPSA) is 57.7 Å². The second kappa shape index (κ2) is 8.12. The van der Waals surface area contributed by atoms with Crippen molar-refractivity contribution in [3.8, 4) is 0 Å². The predicted octanol–water partition coefficient (Wildman–Crippen LogP) is 2.52. The zero-order valence-electron chi connectivity index (χ0n) is 14.9. The molecule has 0 aliphatic heterocycles. The molecule has 2 rings (SSSR count). The maximum atomic E-state index is 12.4. The number of nitrogens with zero attached hydrogens (tertiary/aromatic N) is 2. The third-order valence-corrected chi connectivity index (χ3v) is 6.61. The van der Waals surface area contributed by atoms with Gasteiger partial charge in [-0.15, -0.1) is 0 Å². The summed E-state index contributed by atoms with van der Waals surface area (Å²) >= 11 is 0. The van der Waals surface area contributed by atoms with Gasteiger partial charge in [0.25, 0.3) is 0 Å². The van der Waals surface area contributed by atoms with Gasteiger partial charge in [0.2, 0.25) is 15.9 Å². The normalized spacial score (nSPS) is 14.8. The van der Waals surface area contributed by atoms with Crippen LogP contribution in [0, 0.1) is 5.92 Å². The SMILES string of the molecule is CCN(CC)S(=O)(=O)c1ccc(CCC(=O)N(C)CC2CC2)cc1. The molecule has 1 amide bonds. The quantitative estimate of drug-likeness (QED) is 0.686. The van der Waals surface area contributed by atoms with E-state index in [-0.39, 0.29) is 5.91 Å². The van der Waals surface area contributed by atoms with Crippen molar-refractivity contribution >= 4 is 15.9 Å². The summed E-state index contributed by atoms with van der Waals surface area (Å²) in [5.41, 5.74) is 0.988. The Labute approximate surface area is 145 Å². The maximum absolute atomic E-state index is 12.4. The number of rotatable bonds is 9. The smallest absolute Gasteiger partial charge is 0.243 e. The Kier molecular flexibility index (Phi) is 6.40. The highest BCUT2D eigenvalue weighted by atomic mass is 32.2. The van der Waals surface area contributed by atoms with E-state index in [9.17, 15) is 13.2 Å². The molecule has 5 nitrogen and oxygen atoms in total. The second-order valence-corrected chi connectivity index (χ2v) is 8.39. The van der Waals surface area contributed by atoms with Crippen LogP contribution in [0.2, 0.25) is 0 Å². The van der Waals surface area contributed by atoms with E-state index in [1.165, 1.54) is 17.1 Å². The molecular formula is C18H28N2O3S. The Balaban J connectivity index is 1.93. The fourth-order valence-electron chi connectivity index (χ4n) is 2.77. The third-order valence-electron chi connectivity index (χ3n) is 4.55. The maximum Gasteiger partial charge on any atom is 0.243 e. The lowest BCUT2D eigenvalue weighted by atomic mass is 10.1. The average molecular weight is 353 g/mol. The summed E-state index contributed by atoms with van der Waals surface area (Å²) in [4.78, 5) is 14.2. The van der Waals surface area contributed by atoms with Crippen molar-refractivity contribution in [2.75, 3.05) is 26.7 Å². The van der Waals surface area contributed by atoms with Crippen molar-refractivity contribution in [2.45, 2.75) is 44.4 Å². The van der Waals surface area contributed by atoms with Crippen molar-refractivity contribution in [3.05, 3.63) is 29.8 Å². The first kappa shape index (κ1) is 18.9. The Morgan fingerprint density at radius 1 is 1.12 bits per heavy atom. The van der Waals surface area contributed by atoms with Gasteiger partial charge >= 0.3 is 0 Å². The van der Waals surface area contributed by atoms with E-state index in [4.69, 9.17) is 0 Å². The lowest BCUT2D eigenvalue weighted by Crippen LogP contribution is -2.30. The largest absolute Gasteiger partial charge is 0.345 e. The van der Waals surface area contributed by atoms with Gasteiger partial charge in [-0.25, -0.2) is 8.42 Å². The third kappa shape index (κ3) is 4.80. The van der Waals surface area contributed by atoms with E-state index in [2.05, 4.69) is 0 Å². The standard InChI is InChI=1S/C18H28N2O3S/c1-4-20(5-2)24(22,23)17-11-8-15(9-12-17)10-13-18(21)19(3)14-16-6-7-16/h8-9,11-12,16H,4-7,10,13-14H2,1-3H3. The van der Waals surface area contributed by atoms with Crippen LogP contribution in [0.3, 0.4) is 0 Å². The Morgan fingerprint density at radius 3 is 2.21 bits per heavy atom. The minimum atomic E-state index is -3.41. The van der Waals surface area contributed by atoms with Crippen LogP contribution in [0.15, 0.2) is 29.2 Å². The van der Waals surface area contributed by atoms with E-state index in [0.717, 1.165) is 12.1 Å². The molecule has 0 atom stereocenters. The van der Waals surface area contributed by atoms with Gasteiger partial charge in [0.1, 0.15) is 0 Å². The summed E-state index contributed by atoms with van der Waals surface area (Å²) in [6, 6.07) is 6.90. The number of carbonyl (C=O) groups is 1. The molecule has 1 saturated carbocycles. The minimum Gasteiger partial charge on any atom is -0.345 e. The van der Waals surface area contributed by atoms with E-state index < -0.39 is 10.0 Å². The van der Waals surface area contributed by atoms with Crippen molar-refractivity contribution in [1.29, 1.82) is 0 Å². The summed E-state index contributed by atoms with van der Waals surface area (Å²) in [6.45, 7) is 5.45. The zero-order chi connectivity index (χ0) is 17.7. The molecule has 0 saturated heterocycles. The van der Waals surface area contributed by atoms with Crippen LogP contribution in [-0.4, -0.2) is 50.2 Å². The molecule has 0 aromatic heterocycles. The van der Waals surface area contributed by atoms with Crippen molar-refractivity contribution in [3.63, 3.8) is 0 Å². The van der Waals surface area contributed by atoms with Crippen molar-refractivity contribution < 1.29 is 13.2 Å². The Hall–Kier alpha value is -1.40. The van der Waals surface area contributed by atoms with Gasteiger partial charge in [-0.1, -0.05) is 26.0 Å². The summed E-state index contributed by atoms with van der Waals surface area (Å²) in [7, 11) is -1.55. The molecular weight excluding hydrogens is 324 g/mol. The summed E-state index contributed by atoms with van der Waals surface area (Å²) < 4.78 is 26.3. The highest BCUT2D eigenvalue weighted by Gasteiger charge is 2.24.